The van der Waals surface area contributed by atoms with Crippen molar-refractivity contribution in [1.29, 1.82) is 0 Å². The molecule has 0 aliphatic carbocycles. The Morgan fingerprint density at radius 1 is 1.32 bits per heavy atom. The van der Waals surface area contributed by atoms with E-state index < -0.39 is 0 Å². The van der Waals surface area contributed by atoms with Gasteiger partial charge in [-0.1, -0.05) is 32.0 Å². The molecule has 160 valence electrons. The number of nitrogens with one attached hydrogen (secondary N) is 2. The minimum atomic E-state index is -0.222. The van der Waals surface area contributed by atoms with Gasteiger partial charge in [0.15, 0.2) is 5.96 Å². The summed E-state index contributed by atoms with van der Waals surface area (Å²) in [6.45, 7) is 12.5. The van der Waals surface area contributed by atoms with E-state index in [1.807, 2.05) is 12.1 Å². The molecule has 0 saturated carbocycles. The molecule has 5 nitrogen and oxygen atoms in total. The first kappa shape index (κ1) is 25.0. The van der Waals surface area contributed by atoms with E-state index in [1.54, 1.807) is 0 Å². The summed E-state index contributed by atoms with van der Waals surface area (Å²) in [5, 5.41) is 16.3. The van der Waals surface area contributed by atoms with Gasteiger partial charge >= 0.3 is 0 Å². The number of rotatable bonds is 8. The van der Waals surface area contributed by atoms with E-state index in [9.17, 15) is 5.11 Å². The van der Waals surface area contributed by atoms with Gasteiger partial charge in [0.05, 0.1) is 6.04 Å². The summed E-state index contributed by atoms with van der Waals surface area (Å²) in [5.74, 6) is 2.79. The predicted octanol–water partition coefficient (Wildman–Crippen LogP) is 4.51. The zero-order valence-electron chi connectivity index (χ0n) is 18.0. The van der Waals surface area contributed by atoms with E-state index in [4.69, 9.17) is 9.73 Å². The third kappa shape index (κ3) is 7.78. The minimum absolute atomic E-state index is 0. The van der Waals surface area contributed by atoms with Crippen LogP contribution in [0.15, 0.2) is 29.3 Å². The Balaban J connectivity index is 0.00000392. The maximum Gasteiger partial charge on any atom is 0.191 e. The summed E-state index contributed by atoms with van der Waals surface area (Å²) >= 11 is 0. The molecule has 28 heavy (non-hydrogen) atoms. The lowest BCUT2D eigenvalue weighted by Crippen LogP contribution is -2.45. The van der Waals surface area contributed by atoms with E-state index >= 15 is 0 Å². The number of aliphatic hydroxyl groups excluding tert-OH is 1. The van der Waals surface area contributed by atoms with Crippen molar-refractivity contribution in [3.63, 3.8) is 0 Å². The molecule has 0 bridgehead atoms. The molecule has 0 amide bonds. The van der Waals surface area contributed by atoms with E-state index in [0.717, 1.165) is 44.1 Å². The number of hydrogen-bond acceptors (Lipinski definition) is 3. The lowest BCUT2D eigenvalue weighted by Gasteiger charge is -2.38. The number of fused-ring (bicyclic) bond motifs is 1. The summed E-state index contributed by atoms with van der Waals surface area (Å²) in [7, 11) is 0. The van der Waals surface area contributed by atoms with Crippen molar-refractivity contribution in [3.05, 3.63) is 29.8 Å². The van der Waals surface area contributed by atoms with Crippen molar-refractivity contribution in [2.24, 2.45) is 16.8 Å². The highest BCUT2D eigenvalue weighted by atomic mass is 127. The highest BCUT2D eigenvalue weighted by Gasteiger charge is 2.34. The third-order valence-electron chi connectivity index (χ3n) is 4.88. The van der Waals surface area contributed by atoms with Crippen molar-refractivity contribution in [3.8, 4) is 5.75 Å². The SMILES string of the molecule is CCNC(=NCC(CCO)CC(C)C)NC1CC(C)(C)Oc2ccccc21.I. The third-order valence-corrected chi connectivity index (χ3v) is 4.88. The summed E-state index contributed by atoms with van der Waals surface area (Å²) in [4.78, 5) is 4.84. The number of halogens is 1. The van der Waals surface area contributed by atoms with Crippen LogP contribution in [-0.4, -0.2) is 36.4 Å². The van der Waals surface area contributed by atoms with Crippen LogP contribution in [0, 0.1) is 11.8 Å². The van der Waals surface area contributed by atoms with Crippen molar-refractivity contribution in [1.82, 2.24) is 10.6 Å². The molecule has 0 radical (unpaired) electrons. The molecule has 1 aromatic carbocycles. The lowest BCUT2D eigenvalue weighted by molar-refractivity contribution is 0.0694. The van der Waals surface area contributed by atoms with Gasteiger partial charge in [0.25, 0.3) is 0 Å². The number of benzene rings is 1. The Hall–Kier alpha value is -1.02. The molecule has 3 N–H and O–H groups in total. The second kappa shape index (κ2) is 11.9. The zero-order chi connectivity index (χ0) is 19.9. The van der Waals surface area contributed by atoms with Gasteiger partial charge in [0.1, 0.15) is 11.4 Å². The summed E-state index contributed by atoms with van der Waals surface area (Å²) in [6.07, 6.45) is 2.76. The van der Waals surface area contributed by atoms with Crippen LogP contribution >= 0.6 is 24.0 Å². The molecular weight excluding hydrogens is 465 g/mol. The van der Waals surface area contributed by atoms with Crippen molar-refractivity contribution in [2.45, 2.75) is 65.5 Å². The fraction of sp³-hybridized carbons (Fsp3) is 0.682. The van der Waals surface area contributed by atoms with Crippen LogP contribution in [-0.2, 0) is 0 Å². The highest BCUT2D eigenvalue weighted by molar-refractivity contribution is 14.0. The molecule has 1 aliphatic rings. The molecule has 2 unspecified atom stereocenters. The summed E-state index contributed by atoms with van der Waals surface area (Å²) < 4.78 is 6.14. The second-order valence-corrected chi connectivity index (χ2v) is 8.53. The molecule has 0 spiro atoms. The smallest absolute Gasteiger partial charge is 0.191 e. The van der Waals surface area contributed by atoms with E-state index in [1.165, 1.54) is 5.56 Å². The second-order valence-electron chi connectivity index (χ2n) is 8.53. The predicted molar refractivity (Wildman–Crippen MR) is 128 cm³/mol. The first-order valence-corrected chi connectivity index (χ1v) is 10.3. The molecule has 0 aromatic heterocycles. The largest absolute Gasteiger partial charge is 0.487 e. The lowest BCUT2D eigenvalue weighted by atomic mass is 9.90. The van der Waals surface area contributed by atoms with Gasteiger partial charge in [-0.05, 0) is 51.5 Å². The van der Waals surface area contributed by atoms with Gasteiger partial charge in [0, 0.05) is 31.7 Å². The van der Waals surface area contributed by atoms with Gasteiger partial charge < -0.3 is 20.5 Å². The average molecular weight is 503 g/mol. The van der Waals surface area contributed by atoms with Gasteiger partial charge in [-0.2, -0.15) is 0 Å². The Bertz CT molecular complexity index is 620. The van der Waals surface area contributed by atoms with Crippen molar-refractivity contribution < 1.29 is 9.84 Å². The standard InChI is InChI=1S/C22H37N3O2.HI/c1-6-23-21(24-15-17(11-12-26)13-16(2)3)25-19-14-22(4,5)27-20-10-8-7-9-18(19)20;/h7-10,16-17,19,26H,6,11-15H2,1-5H3,(H2,23,24,25);1H. The van der Waals surface area contributed by atoms with Crippen LogP contribution in [0.2, 0.25) is 0 Å². The molecule has 1 aliphatic heterocycles. The summed E-state index contributed by atoms with van der Waals surface area (Å²) in [5.41, 5.74) is 0.956. The van der Waals surface area contributed by atoms with Crippen LogP contribution < -0.4 is 15.4 Å². The molecule has 1 aromatic rings. The van der Waals surface area contributed by atoms with Crippen LogP contribution in [0.25, 0.3) is 0 Å². The first-order valence-electron chi connectivity index (χ1n) is 10.3. The Morgan fingerprint density at radius 3 is 2.68 bits per heavy atom. The number of aliphatic hydroxyl groups is 1. The van der Waals surface area contributed by atoms with Crippen molar-refractivity contribution >= 4 is 29.9 Å². The fourth-order valence-electron chi connectivity index (χ4n) is 3.77. The molecular formula is C22H38IN3O2. The van der Waals surface area contributed by atoms with Crippen LogP contribution in [0.5, 0.6) is 5.75 Å². The number of aliphatic imine (C=N–C) groups is 1. The quantitative estimate of drug-likeness (QED) is 0.278. The van der Waals surface area contributed by atoms with Crippen LogP contribution in [0.1, 0.15) is 65.5 Å². The number of nitrogens with zero attached hydrogens (tertiary/aromatic N) is 1. The van der Waals surface area contributed by atoms with Gasteiger partial charge in [0.2, 0.25) is 0 Å². The van der Waals surface area contributed by atoms with Crippen LogP contribution in [0.3, 0.4) is 0 Å². The molecule has 2 atom stereocenters. The average Bonchev–Trinajstić information content (AvgIpc) is 2.58. The monoisotopic (exact) mass is 503 g/mol. The van der Waals surface area contributed by atoms with E-state index in [2.05, 4.69) is 57.4 Å². The van der Waals surface area contributed by atoms with Gasteiger partial charge in [-0.15, -0.1) is 24.0 Å². The van der Waals surface area contributed by atoms with E-state index in [0.29, 0.717) is 11.8 Å². The Morgan fingerprint density at radius 2 is 2.04 bits per heavy atom. The maximum absolute atomic E-state index is 9.35. The number of para-hydroxylation sites is 1. The number of hydrogen-bond donors (Lipinski definition) is 3. The molecule has 0 saturated heterocycles. The normalized spacial score (nSPS) is 19.2. The zero-order valence-corrected chi connectivity index (χ0v) is 20.3. The molecule has 2 rings (SSSR count). The van der Waals surface area contributed by atoms with Gasteiger partial charge in [-0.25, -0.2) is 0 Å². The number of guanidine groups is 1. The highest BCUT2D eigenvalue weighted by Crippen LogP contribution is 2.39. The first-order chi connectivity index (χ1) is 12.8. The fourth-order valence-corrected chi connectivity index (χ4v) is 3.77. The minimum Gasteiger partial charge on any atom is -0.487 e. The molecule has 6 heteroatoms. The number of ether oxygens (including phenoxy) is 1. The Labute approximate surface area is 187 Å². The topological polar surface area (TPSA) is 65.9 Å². The molecule has 0 fully saturated rings. The van der Waals surface area contributed by atoms with E-state index in [-0.39, 0.29) is 42.2 Å². The summed E-state index contributed by atoms with van der Waals surface area (Å²) in [6, 6.07) is 8.39. The van der Waals surface area contributed by atoms with Crippen LogP contribution in [0.4, 0.5) is 0 Å². The Kier molecular flexibility index (Phi) is 10.6. The van der Waals surface area contributed by atoms with Crippen molar-refractivity contribution in [2.75, 3.05) is 19.7 Å². The molecule has 1 heterocycles. The van der Waals surface area contributed by atoms with Gasteiger partial charge in [-0.3, -0.25) is 4.99 Å². The maximum atomic E-state index is 9.35.